The third-order valence-electron chi connectivity index (χ3n) is 3.26. The molecule has 9 heteroatoms. The van der Waals surface area contributed by atoms with Crippen LogP contribution in [0.5, 0.6) is 5.75 Å². The van der Waals surface area contributed by atoms with Crippen molar-refractivity contribution in [2.75, 3.05) is 11.9 Å². The van der Waals surface area contributed by atoms with E-state index < -0.39 is 23.0 Å². The number of nitro groups is 1. The van der Waals surface area contributed by atoms with Gasteiger partial charge in [0, 0.05) is 29.9 Å². The summed E-state index contributed by atoms with van der Waals surface area (Å²) in [6, 6.07) is 3.73. The molecule has 2 rings (SSSR count). The lowest BCUT2D eigenvalue weighted by atomic mass is 10.1. The summed E-state index contributed by atoms with van der Waals surface area (Å²) in [5.41, 5.74) is 1.68. The normalized spacial score (nSPS) is 10.8. The van der Waals surface area contributed by atoms with Gasteiger partial charge in [0.1, 0.15) is 5.76 Å². The van der Waals surface area contributed by atoms with Gasteiger partial charge in [-0.25, -0.2) is 0 Å². The molecule has 0 saturated heterocycles. The Balaban J connectivity index is 2.07. The lowest BCUT2D eigenvalue weighted by molar-refractivity contribution is -0.386. The summed E-state index contributed by atoms with van der Waals surface area (Å²) in [5.74, 6) is 0.238. The molecule has 0 amide bonds. The number of halogens is 2. The number of alkyl halides is 2. The highest BCUT2D eigenvalue weighted by Crippen LogP contribution is 2.31. The van der Waals surface area contributed by atoms with E-state index in [2.05, 4.69) is 15.2 Å². The predicted molar refractivity (Wildman–Crippen MR) is 77.9 cm³/mol. The summed E-state index contributed by atoms with van der Waals surface area (Å²) in [4.78, 5) is 10.0. The Morgan fingerprint density at radius 1 is 1.43 bits per heavy atom. The predicted octanol–water partition coefficient (Wildman–Crippen LogP) is 3.46. The highest BCUT2D eigenvalue weighted by Gasteiger charge is 2.19. The molecule has 0 radical (unpaired) electrons. The highest BCUT2D eigenvalue weighted by molar-refractivity contribution is 5.58. The van der Waals surface area contributed by atoms with E-state index in [1.54, 1.807) is 6.92 Å². The summed E-state index contributed by atoms with van der Waals surface area (Å²) in [6.07, 6.45) is 0.614. The van der Waals surface area contributed by atoms with E-state index in [9.17, 15) is 18.9 Å². The van der Waals surface area contributed by atoms with E-state index in [0.29, 0.717) is 18.7 Å². The van der Waals surface area contributed by atoms with Gasteiger partial charge in [0.25, 0.3) is 0 Å². The fraction of sp³-hybridized carbons (Fsp3) is 0.357. The van der Waals surface area contributed by atoms with Gasteiger partial charge in [0.15, 0.2) is 0 Å². The van der Waals surface area contributed by atoms with Gasteiger partial charge in [0.05, 0.1) is 10.6 Å². The molecule has 0 spiro atoms. The van der Waals surface area contributed by atoms with Crippen LogP contribution in [0, 0.1) is 24.0 Å². The maximum Gasteiger partial charge on any atom is 0.387 e. The average Bonchev–Trinajstić information content (AvgIpc) is 2.78. The number of nitrogens with one attached hydrogen (secondary N) is 1. The minimum absolute atomic E-state index is 0.443. The van der Waals surface area contributed by atoms with Gasteiger partial charge >= 0.3 is 12.3 Å². The molecule has 0 saturated carbocycles. The fourth-order valence-electron chi connectivity index (χ4n) is 2.16. The number of rotatable bonds is 7. The largest absolute Gasteiger partial charge is 0.427 e. The summed E-state index contributed by atoms with van der Waals surface area (Å²) < 4.78 is 33.9. The number of hydrogen-bond acceptors (Lipinski definition) is 6. The summed E-state index contributed by atoms with van der Waals surface area (Å²) in [6.45, 7) is 0.975. The summed E-state index contributed by atoms with van der Waals surface area (Å²) in [5, 5.41) is 17.6. The molecule has 1 N–H and O–H groups in total. The van der Waals surface area contributed by atoms with Crippen molar-refractivity contribution >= 4 is 11.4 Å². The number of hydrogen-bond donors (Lipinski definition) is 1. The number of ether oxygens (including phenoxy) is 1. The zero-order valence-electron chi connectivity index (χ0n) is 12.5. The van der Waals surface area contributed by atoms with Crippen molar-refractivity contribution in [1.29, 1.82) is 0 Å². The molecule has 0 bridgehead atoms. The van der Waals surface area contributed by atoms with Gasteiger partial charge in [-0.3, -0.25) is 10.1 Å². The third kappa shape index (κ3) is 4.15. The van der Waals surface area contributed by atoms with Crippen molar-refractivity contribution in [3.8, 4) is 5.75 Å². The molecule has 0 aliphatic heterocycles. The smallest absolute Gasteiger partial charge is 0.387 e. The van der Waals surface area contributed by atoms with Crippen LogP contribution in [-0.4, -0.2) is 23.2 Å². The molecule has 124 valence electrons. The molecule has 23 heavy (non-hydrogen) atoms. The lowest BCUT2D eigenvalue weighted by Crippen LogP contribution is -2.08. The van der Waals surface area contributed by atoms with E-state index >= 15 is 0 Å². The Kier molecular flexibility index (Phi) is 5.09. The topological polar surface area (TPSA) is 90.4 Å². The Bertz CT molecular complexity index is 684. The molecule has 0 fully saturated rings. The van der Waals surface area contributed by atoms with E-state index in [4.69, 9.17) is 4.52 Å². The van der Waals surface area contributed by atoms with E-state index in [1.807, 2.05) is 6.92 Å². The van der Waals surface area contributed by atoms with E-state index in [-0.39, 0.29) is 0 Å². The van der Waals surface area contributed by atoms with Crippen LogP contribution in [0.2, 0.25) is 0 Å². The molecule has 1 aromatic heterocycles. The monoisotopic (exact) mass is 327 g/mol. The minimum atomic E-state index is -3.13. The lowest BCUT2D eigenvalue weighted by Gasteiger charge is -2.09. The first-order chi connectivity index (χ1) is 10.9. The minimum Gasteiger partial charge on any atom is -0.427 e. The first-order valence-corrected chi connectivity index (χ1v) is 6.77. The van der Waals surface area contributed by atoms with Crippen molar-refractivity contribution in [3.63, 3.8) is 0 Å². The first kappa shape index (κ1) is 16.7. The van der Waals surface area contributed by atoms with Crippen LogP contribution in [-0.2, 0) is 6.42 Å². The van der Waals surface area contributed by atoms with Crippen LogP contribution in [0.3, 0.4) is 0 Å². The quantitative estimate of drug-likeness (QED) is 0.618. The maximum absolute atomic E-state index is 12.3. The molecule has 0 atom stereocenters. The van der Waals surface area contributed by atoms with E-state index in [0.717, 1.165) is 23.1 Å². The van der Waals surface area contributed by atoms with Gasteiger partial charge in [-0.2, -0.15) is 8.78 Å². The summed E-state index contributed by atoms with van der Waals surface area (Å²) in [7, 11) is 0. The van der Waals surface area contributed by atoms with Crippen LogP contribution >= 0.6 is 0 Å². The number of nitro benzene ring substituents is 1. The van der Waals surface area contributed by atoms with Crippen LogP contribution < -0.4 is 10.1 Å². The molecule has 1 heterocycles. The average molecular weight is 327 g/mol. The SMILES string of the molecule is Cc1noc(C)c1CCNc1ccc([N+](=O)[O-])c(OC(F)F)c1. The molecule has 0 aliphatic carbocycles. The molecule has 7 nitrogen and oxygen atoms in total. The van der Waals surface area contributed by atoms with Crippen molar-refractivity contribution in [2.45, 2.75) is 26.9 Å². The Morgan fingerprint density at radius 2 is 2.17 bits per heavy atom. The van der Waals surface area contributed by atoms with Crippen molar-refractivity contribution in [2.24, 2.45) is 0 Å². The standard InChI is InChI=1S/C14H15F2N3O4/c1-8-11(9(2)23-18-8)5-6-17-10-3-4-12(19(20)21)13(7-10)22-14(15)16/h3-4,7,14,17H,5-6H2,1-2H3. The van der Waals surface area contributed by atoms with E-state index in [1.165, 1.54) is 12.1 Å². The second kappa shape index (κ2) is 7.03. The van der Waals surface area contributed by atoms with Crippen molar-refractivity contribution in [1.82, 2.24) is 5.16 Å². The second-order valence-electron chi connectivity index (χ2n) is 4.80. The Morgan fingerprint density at radius 3 is 2.74 bits per heavy atom. The third-order valence-corrected chi connectivity index (χ3v) is 3.26. The zero-order chi connectivity index (χ0) is 17.0. The van der Waals surface area contributed by atoms with Gasteiger partial charge in [-0.1, -0.05) is 5.16 Å². The van der Waals surface area contributed by atoms with Crippen molar-refractivity contribution < 1.29 is 23.0 Å². The van der Waals surface area contributed by atoms with Gasteiger partial charge in [-0.05, 0) is 26.3 Å². The van der Waals surface area contributed by atoms with Crippen molar-refractivity contribution in [3.05, 3.63) is 45.3 Å². The fourth-order valence-corrected chi connectivity index (χ4v) is 2.16. The maximum atomic E-state index is 12.3. The highest BCUT2D eigenvalue weighted by atomic mass is 19.3. The van der Waals surface area contributed by atoms with Crippen LogP contribution in [0.15, 0.2) is 22.7 Å². The van der Waals surface area contributed by atoms with Crippen LogP contribution in [0.1, 0.15) is 17.0 Å². The molecule has 0 unspecified atom stereocenters. The number of aryl methyl sites for hydroxylation is 2. The molecular formula is C14H15F2N3O4. The number of benzene rings is 1. The van der Waals surface area contributed by atoms with Gasteiger partial charge < -0.3 is 14.6 Å². The van der Waals surface area contributed by atoms with Crippen LogP contribution in [0.25, 0.3) is 0 Å². The van der Waals surface area contributed by atoms with Gasteiger partial charge in [-0.15, -0.1) is 0 Å². The number of anilines is 1. The van der Waals surface area contributed by atoms with Gasteiger partial charge in [0.2, 0.25) is 5.75 Å². The van der Waals surface area contributed by atoms with Crippen LogP contribution in [0.4, 0.5) is 20.2 Å². The molecule has 0 aliphatic rings. The second-order valence-corrected chi connectivity index (χ2v) is 4.80. The number of aromatic nitrogens is 1. The molecule has 2 aromatic rings. The summed E-state index contributed by atoms with van der Waals surface area (Å²) >= 11 is 0. The number of nitrogens with zero attached hydrogens (tertiary/aromatic N) is 2. The molecule has 1 aromatic carbocycles. The Labute approximate surface area is 130 Å². The Hall–Kier alpha value is -2.71. The molecular weight excluding hydrogens is 312 g/mol. The first-order valence-electron chi connectivity index (χ1n) is 6.77. The zero-order valence-corrected chi connectivity index (χ0v) is 12.5.